The molecule has 7 heteroatoms. The van der Waals surface area contributed by atoms with Crippen molar-refractivity contribution in [3.8, 4) is 0 Å². The molecule has 4 nitrogen and oxygen atoms in total. The summed E-state index contributed by atoms with van der Waals surface area (Å²) in [6.07, 6.45) is -2.73. The lowest BCUT2D eigenvalue weighted by molar-refractivity contribution is -0.299. The molecule has 0 aliphatic rings. The Bertz CT molecular complexity index is 585. The molecule has 0 aliphatic carbocycles. The first-order valence-electron chi connectivity index (χ1n) is 6.62. The molecule has 1 aromatic carbocycles. The number of hydrogen-bond donors (Lipinski definition) is 0. The van der Waals surface area contributed by atoms with Gasteiger partial charge in [0.2, 0.25) is 12.0 Å². The Morgan fingerprint density at radius 3 is 2.50 bits per heavy atom. The average molecular weight is 312 g/mol. The summed E-state index contributed by atoms with van der Waals surface area (Å²) in [5, 5.41) is 6.77. The molecule has 2 rings (SSSR count). The summed E-state index contributed by atoms with van der Waals surface area (Å²) in [7, 11) is 0. The quantitative estimate of drug-likeness (QED) is 0.725. The molecule has 0 fully saturated rings. The number of rotatable bonds is 7. The van der Waals surface area contributed by atoms with Crippen molar-refractivity contribution >= 4 is 0 Å². The van der Waals surface area contributed by atoms with E-state index >= 15 is 0 Å². The first-order chi connectivity index (χ1) is 10.5. The minimum absolute atomic E-state index is 0.0939. The molecule has 1 unspecified atom stereocenters. The van der Waals surface area contributed by atoms with Crippen LogP contribution in [-0.2, 0) is 16.9 Å². The van der Waals surface area contributed by atoms with E-state index in [0.29, 0.717) is 5.56 Å². The van der Waals surface area contributed by atoms with Crippen LogP contribution >= 0.6 is 0 Å². The van der Waals surface area contributed by atoms with Crippen molar-refractivity contribution in [1.29, 1.82) is 0 Å². The Balaban J connectivity index is 2.32. The second-order valence-electron chi connectivity index (χ2n) is 4.67. The lowest BCUT2D eigenvalue weighted by Crippen LogP contribution is -2.45. The molecular weight excluding hydrogens is 297 g/mol. The summed E-state index contributed by atoms with van der Waals surface area (Å²) in [5.41, 5.74) is -2.03. The number of allylic oxidation sites excluding steroid dienone is 1. The highest BCUT2D eigenvalue weighted by Crippen LogP contribution is 2.45. The van der Waals surface area contributed by atoms with Gasteiger partial charge in [0, 0.05) is 0 Å². The second kappa shape index (κ2) is 6.74. The molecular formula is C15H15F3N2O2. The number of benzene rings is 1. The fourth-order valence-electron chi connectivity index (χ4n) is 2.02. The molecule has 0 bridgehead atoms. The standard InChI is InChI=1S/C15H15F3N2O2/c1-2-3-9-14(15(16,17)18,13-20-19-11-21-13)22-10-12-7-5-4-6-8-12/h2,4-8,11H,1,3,9-10H2. The third-order valence-corrected chi connectivity index (χ3v) is 3.19. The van der Waals surface area contributed by atoms with E-state index in [2.05, 4.69) is 16.8 Å². The van der Waals surface area contributed by atoms with Gasteiger partial charge in [-0.25, -0.2) is 0 Å². The third kappa shape index (κ3) is 3.36. The zero-order chi connectivity index (χ0) is 16.1. The summed E-state index contributed by atoms with van der Waals surface area (Å²) in [4.78, 5) is 0. The van der Waals surface area contributed by atoms with Gasteiger partial charge >= 0.3 is 6.18 Å². The molecule has 118 valence electrons. The summed E-state index contributed by atoms with van der Waals surface area (Å²) >= 11 is 0. The minimum Gasteiger partial charge on any atom is -0.424 e. The van der Waals surface area contributed by atoms with Gasteiger partial charge in [0.05, 0.1) is 6.61 Å². The molecule has 0 saturated heterocycles. The van der Waals surface area contributed by atoms with E-state index in [1.807, 2.05) is 0 Å². The third-order valence-electron chi connectivity index (χ3n) is 3.19. The van der Waals surface area contributed by atoms with Crippen molar-refractivity contribution in [2.75, 3.05) is 0 Å². The van der Waals surface area contributed by atoms with Crippen molar-refractivity contribution in [2.45, 2.75) is 31.2 Å². The number of aromatic nitrogens is 2. The average Bonchev–Trinajstić information content (AvgIpc) is 3.02. The van der Waals surface area contributed by atoms with Gasteiger partial charge in [-0.3, -0.25) is 0 Å². The number of halogens is 3. The van der Waals surface area contributed by atoms with Crippen LogP contribution in [0.5, 0.6) is 0 Å². The maximum Gasteiger partial charge on any atom is 0.426 e. The minimum atomic E-state index is -4.70. The number of ether oxygens (including phenoxy) is 1. The van der Waals surface area contributed by atoms with E-state index in [1.165, 1.54) is 6.08 Å². The van der Waals surface area contributed by atoms with Crippen molar-refractivity contribution < 1.29 is 22.3 Å². The fourth-order valence-corrected chi connectivity index (χ4v) is 2.02. The summed E-state index contributed by atoms with van der Waals surface area (Å²) in [5.74, 6) is -0.599. The van der Waals surface area contributed by atoms with Crippen LogP contribution in [0, 0.1) is 0 Å². The maximum atomic E-state index is 13.7. The van der Waals surface area contributed by atoms with Crippen LogP contribution in [0.1, 0.15) is 24.3 Å². The Morgan fingerprint density at radius 2 is 1.95 bits per heavy atom. The van der Waals surface area contributed by atoms with Gasteiger partial charge in [0.1, 0.15) is 0 Å². The van der Waals surface area contributed by atoms with E-state index in [0.717, 1.165) is 6.39 Å². The summed E-state index contributed by atoms with van der Waals surface area (Å²) in [6.45, 7) is 3.23. The van der Waals surface area contributed by atoms with Crippen molar-refractivity contribution in [3.63, 3.8) is 0 Å². The SMILES string of the molecule is C=CCCC(OCc1ccccc1)(c1nnco1)C(F)(F)F. The van der Waals surface area contributed by atoms with E-state index < -0.39 is 17.7 Å². The summed E-state index contributed by atoms with van der Waals surface area (Å²) in [6, 6.07) is 8.59. The van der Waals surface area contributed by atoms with Crippen LogP contribution in [-0.4, -0.2) is 16.4 Å². The van der Waals surface area contributed by atoms with Crippen LogP contribution in [0.3, 0.4) is 0 Å². The highest BCUT2D eigenvalue weighted by atomic mass is 19.4. The Kier molecular flexibility index (Phi) is 4.97. The second-order valence-corrected chi connectivity index (χ2v) is 4.67. The molecule has 0 radical (unpaired) electrons. The normalized spacial score (nSPS) is 14.5. The fraction of sp³-hybridized carbons (Fsp3) is 0.333. The van der Waals surface area contributed by atoms with Gasteiger partial charge in [-0.2, -0.15) is 13.2 Å². The van der Waals surface area contributed by atoms with Crippen LogP contribution < -0.4 is 0 Å². The molecule has 2 aromatic rings. The Hall–Kier alpha value is -2.15. The van der Waals surface area contributed by atoms with Gasteiger partial charge in [-0.05, 0) is 18.4 Å². The molecule has 0 amide bonds. The van der Waals surface area contributed by atoms with Gasteiger partial charge in [0.25, 0.3) is 5.89 Å². The van der Waals surface area contributed by atoms with Crippen molar-refractivity contribution in [1.82, 2.24) is 10.2 Å². The van der Waals surface area contributed by atoms with Gasteiger partial charge in [-0.15, -0.1) is 16.8 Å². The Morgan fingerprint density at radius 1 is 1.23 bits per heavy atom. The van der Waals surface area contributed by atoms with Gasteiger partial charge < -0.3 is 9.15 Å². The van der Waals surface area contributed by atoms with Crippen LogP contribution in [0.15, 0.2) is 53.8 Å². The van der Waals surface area contributed by atoms with Crippen molar-refractivity contribution in [3.05, 3.63) is 60.8 Å². The first kappa shape index (κ1) is 16.2. The monoisotopic (exact) mass is 312 g/mol. The lowest BCUT2D eigenvalue weighted by atomic mass is 9.96. The van der Waals surface area contributed by atoms with Crippen LogP contribution in [0.25, 0.3) is 0 Å². The molecule has 0 saturated carbocycles. The molecule has 0 N–H and O–H groups in total. The van der Waals surface area contributed by atoms with Crippen LogP contribution in [0.4, 0.5) is 13.2 Å². The zero-order valence-electron chi connectivity index (χ0n) is 11.7. The smallest absolute Gasteiger partial charge is 0.424 e. The highest BCUT2D eigenvalue weighted by molar-refractivity contribution is 5.14. The predicted molar refractivity (Wildman–Crippen MR) is 72.7 cm³/mol. The first-order valence-corrected chi connectivity index (χ1v) is 6.62. The largest absolute Gasteiger partial charge is 0.426 e. The molecule has 1 heterocycles. The summed E-state index contributed by atoms with van der Waals surface area (Å²) < 4.78 is 51.1. The van der Waals surface area contributed by atoms with Crippen LogP contribution in [0.2, 0.25) is 0 Å². The van der Waals surface area contributed by atoms with E-state index in [4.69, 9.17) is 9.15 Å². The van der Waals surface area contributed by atoms with E-state index in [1.54, 1.807) is 30.3 Å². The molecule has 1 aromatic heterocycles. The predicted octanol–water partition coefficient (Wildman–Crippen LogP) is 4.01. The molecule has 1 atom stereocenters. The number of nitrogens with zero attached hydrogens (tertiary/aromatic N) is 2. The number of alkyl halides is 3. The van der Waals surface area contributed by atoms with E-state index in [9.17, 15) is 13.2 Å². The zero-order valence-corrected chi connectivity index (χ0v) is 11.7. The molecule has 0 aliphatic heterocycles. The van der Waals surface area contributed by atoms with E-state index in [-0.39, 0.29) is 19.4 Å². The number of hydrogen-bond acceptors (Lipinski definition) is 4. The maximum absolute atomic E-state index is 13.7. The Labute approximate surface area is 125 Å². The topological polar surface area (TPSA) is 48.2 Å². The van der Waals surface area contributed by atoms with Gasteiger partial charge in [0.15, 0.2) is 0 Å². The molecule has 22 heavy (non-hydrogen) atoms. The van der Waals surface area contributed by atoms with Crippen molar-refractivity contribution in [2.24, 2.45) is 0 Å². The highest BCUT2D eigenvalue weighted by Gasteiger charge is 2.60. The van der Waals surface area contributed by atoms with Gasteiger partial charge in [-0.1, -0.05) is 36.4 Å². The lowest BCUT2D eigenvalue weighted by Gasteiger charge is -2.32. The molecule has 0 spiro atoms.